The minimum absolute atomic E-state index is 0.0646. The molecule has 1 aromatic carbocycles. The average molecular weight is 286 g/mol. The van der Waals surface area contributed by atoms with Crippen molar-refractivity contribution in [2.75, 3.05) is 13.1 Å². The summed E-state index contributed by atoms with van der Waals surface area (Å²) >= 11 is 0. The molecule has 2 heterocycles. The van der Waals surface area contributed by atoms with E-state index in [1.807, 2.05) is 18.2 Å². The fraction of sp³-hybridized carbons (Fsp3) is 0.375. The lowest BCUT2D eigenvalue weighted by molar-refractivity contribution is -0.000583. The van der Waals surface area contributed by atoms with Gasteiger partial charge in [0.1, 0.15) is 6.26 Å². The zero-order chi connectivity index (χ0) is 14.5. The molecular formula is C16H18N2O3. The van der Waals surface area contributed by atoms with Crippen LogP contribution in [0.1, 0.15) is 28.9 Å². The Labute approximate surface area is 123 Å². The maximum Gasteiger partial charge on any atom is 0.276 e. The lowest BCUT2D eigenvalue weighted by Crippen LogP contribution is -2.41. The third-order valence-electron chi connectivity index (χ3n) is 3.71. The second kappa shape index (κ2) is 6.54. The van der Waals surface area contributed by atoms with Crippen LogP contribution in [-0.2, 0) is 11.3 Å². The van der Waals surface area contributed by atoms with Gasteiger partial charge in [-0.15, -0.1) is 0 Å². The number of carbonyl (C=O) groups is 1. The van der Waals surface area contributed by atoms with E-state index < -0.39 is 0 Å². The van der Waals surface area contributed by atoms with Crippen molar-refractivity contribution in [3.05, 3.63) is 53.9 Å². The molecule has 5 nitrogen and oxygen atoms in total. The molecule has 0 atom stereocenters. The normalized spacial score (nSPS) is 16.1. The van der Waals surface area contributed by atoms with Gasteiger partial charge < -0.3 is 14.2 Å². The Hall–Kier alpha value is -2.14. The molecular weight excluding hydrogens is 268 g/mol. The maximum atomic E-state index is 12.1. The molecule has 1 fully saturated rings. The average Bonchev–Trinajstić information content (AvgIpc) is 3.08. The fourth-order valence-electron chi connectivity index (χ4n) is 2.50. The highest BCUT2D eigenvalue weighted by Gasteiger charge is 2.25. The monoisotopic (exact) mass is 286 g/mol. The molecule has 0 bridgehead atoms. The molecule has 1 aliphatic heterocycles. The quantitative estimate of drug-likeness (QED) is 0.866. The molecule has 1 aliphatic rings. The number of rotatable bonds is 4. The van der Waals surface area contributed by atoms with Crippen molar-refractivity contribution >= 4 is 5.91 Å². The molecule has 1 amide bonds. The lowest BCUT2D eigenvalue weighted by Gasteiger charge is -2.31. The summed E-state index contributed by atoms with van der Waals surface area (Å²) < 4.78 is 10.6. The number of hydrogen-bond acceptors (Lipinski definition) is 4. The molecule has 5 heteroatoms. The van der Waals surface area contributed by atoms with Gasteiger partial charge in [-0.3, -0.25) is 4.79 Å². The van der Waals surface area contributed by atoms with Gasteiger partial charge in [-0.25, -0.2) is 0 Å². The van der Waals surface area contributed by atoms with Crippen LogP contribution >= 0.6 is 0 Å². The van der Waals surface area contributed by atoms with Crippen molar-refractivity contribution in [1.82, 2.24) is 10.1 Å². The largest absolute Gasteiger partial charge is 0.373 e. The van der Waals surface area contributed by atoms with E-state index in [4.69, 9.17) is 9.26 Å². The molecule has 3 rings (SSSR count). The molecule has 21 heavy (non-hydrogen) atoms. The van der Waals surface area contributed by atoms with E-state index in [1.165, 1.54) is 11.8 Å². The van der Waals surface area contributed by atoms with Gasteiger partial charge >= 0.3 is 0 Å². The van der Waals surface area contributed by atoms with Gasteiger partial charge in [-0.1, -0.05) is 35.5 Å². The third kappa shape index (κ3) is 3.49. The second-order valence-electron chi connectivity index (χ2n) is 5.17. The van der Waals surface area contributed by atoms with E-state index in [0.717, 1.165) is 12.8 Å². The smallest absolute Gasteiger partial charge is 0.276 e. The summed E-state index contributed by atoms with van der Waals surface area (Å²) in [5.41, 5.74) is 1.55. The zero-order valence-electron chi connectivity index (χ0n) is 11.8. The van der Waals surface area contributed by atoms with Crippen LogP contribution in [0.15, 0.2) is 47.2 Å². The summed E-state index contributed by atoms with van der Waals surface area (Å²) in [4.78, 5) is 13.9. The van der Waals surface area contributed by atoms with E-state index in [0.29, 0.717) is 25.4 Å². The Morgan fingerprint density at radius 3 is 2.67 bits per heavy atom. The van der Waals surface area contributed by atoms with E-state index in [1.54, 1.807) is 11.0 Å². The summed E-state index contributed by atoms with van der Waals surface area (Å²) in [5, 5.41) is 3.69. The topological polar surface area (TPSA) is 55.6 Å². The van der Waals surface area contributed by atoms with Crippen molar-refractivity contribution in [1.29, 1.82) is 0 Å². The number of ether oxygens (including phenoxy) is 1. The highest BCUT2D eigenvalue weighted by Crippen LogP contribution is 2.17. The maximum absolute atomic E-state index is 12.1. The highest BCUT2D eigenvalue weighted by atomic mass is 16.5. The highest BCUT2D eigenvalue weighted by molar-refractivity contribution is 5.92. The van der Waals surface area contributed by atoms with Crippen LogP contribution in [0.2, 0.25) is 0 Å². The molecule has 2 aromatic rings. The number of amides is 1. The summed E-state index contributed by atoms with van der Waals surface area (Å²) in [7, 11) is 0. The number of piperidine rings is 1. The van der Waals surface area contributed by atoms with Crippen LogP contribution in [0.25, 0.3) is 0 Å². The van der Waals surface area contributed by atoms with Crippen molar-refractivity contribution in [3.63, 3.8) is 0 Å². The Morgan fingerprint density at radius 2 is 2.00 bits per heavy atom. The second-order valence-corrected chi connectivity index (χ2v) is 5.17. The summed E-state index contributed by atoms with van der Waals surface area (Å²) in [5.74, 6) is -0.0646. The van der Waals surface area contributed by atoms with Crippen LogP contribution < -0.4 is 0 Å². The first-order chi connectivity index (χ1) is 10.3. The minimum Gasteiger partial charge on any atom is -0.373 e. The molecule has 1 saturated heterocycles. The van der Waals surface area contributed by atoms with Gasteiger partial charge in [-0.05, 0) is 18.4 Å². The molecule has 0 aliphatic carbocycles. The van der Waals surface area contributed by atoms with Crippen molar-refractivity contribution in [2.45, 2.75) is 25.6 Å². The lowest BCUT2D eigenvalue weighted by atomic mass is 10.1. The molecule has 0 radical (unpaired) electrons. The Kier molecular flexibility index (Phi) is 4.31. The Morgan fingerprint density at radius 1 is 1.24 bits per heavy atom. The molecule has 0 N–H and O–H groups in total. The fourth-order valence-corrected chi connectivity index (χ4v) is 2.50. The molecule has 1 aromatic heterocycles. The molecule has 0 unspecified atom stereocenters. The minimum atomic E-state index is -0.0646. The van der Waals surface area contributed by atoms with Gasteiger partial charge in [0.25, 0.3) is 5.91 Å². The number of aromatic nitrogens is 1. The SMILES string of the molecule is O=C(c1ccon1)N1CCC(OCc2ccccc2)CC1. The number of nitrogens with zero attached hydrogens (tertiary/aromatic N) is 2. The van der Waals surface area contributed by atoms with Gasteiger partial charge in [0, 0.05) is 19.2 Å². The number of benzene rings is 1. The van der Waals surface area contributed by atoms with Crippen molar-refractivity contribution in [2.24, 2.45) is 0 Å². The van der Waals surface area contributed by atoms with E-state index in [9.17, 15) is 4.79 Å². The Bertz CT molecular complexity index is 560. The number of hydrogen-bond donors (Lipinski definition) is 0. The van der Waals surface area contributed by atoms with Crippen LogP contribution in [0.3, 0.4) is 0 Å². The first kappa shape index (κ1) is 13.8. The van der Waals surface area contributed by atoms with E-state index in [2.05, 4.69) is 17.3 Å². The van der Waals surface area contributed by atoms with Crippen molar-refractivity contribution in [3.8, 4) is 0 Å². The number of carbonyl (C=O) groups excluding carboxylic acids is 1. The molecule has 0 saturated carbocycles. The Balaban J connectivity index is 1.46. The van der Waals surface area contributed by atoms with Gasteiger partial charge in [0.15, 0.2) is 5.69 Å². The van der Waals surface area contributed by atoms with Crippen LogP contribution in [0.4, 0.5) is 0 Å². The van der Waals surface area contributed by atoms with Crippen LogP contribution in [0.5, 0.6) is 0 Å². The summed E-state index contributed by atoms with van der Waals surface area (Å²) in [6, 6.07) is 11.7. The van der Waals surface area contributed by atoms with E-state index in [-0.39, 0.29) is 12.0 Å². The van der Waals surface area contributed by atoms with Crippen molar-refractivity contribution < 1.29 is 14.1 Å². The first-order valence-corrected chi connectivity index (χ1v) is 7.18. The molecule has 0 spiro atoms. The standard InChI is InChI=1S/C16H18N2O3/c19-16(15-8-11-21-17-15)18-9-6-14(7-10-18)20-12-13-4-2-1-3-5-13/h1-5,8,11,14H,6-7,9-10,12H2. The third-order valence-corrected chi connectivity index (χ3v) is 3.71. The van der Waals surface area contributed by atoms with Gasteiger partial charge in [0.05, 0.1) is 12.7 Å². The van der Waals surface area contributed by atoms with Crippen LogP contribution in [-0.4, -0.2) is 35.2 Å². The predicted octanol–water partition coefficient (Wildman–Crippen LogP) is 2.50. The van der Waals surface area contributed by atoms with Gasteiger partial charge in [-0.2, -0.15) is 0 Å². The van der Waals surface area contributed by atoms with E-state index >= 15 is 0 Å². The number of likely N-dealkylation sites (tertiary alicyclic amines) is 1. The van der Waals surface area contributed by atoms with Gasteiger partial charge in [0.2, 0.25) is 0 Å². The predicted molar refractivity (Wildman–Crippen MR) is 76.7 cm³/mol. The zero-order valence-corrected chi connectivity index (χ0v) is 11.8. The summed E-state index contributed by atoms with van der Waals surface area (Å²) in [6.07, 6.45) is 3.35. The molecule has 110 valence electrons. The summed E-state index contributed by atoms with van der Waals surface area (Å²) in [6.45, 7) is 2.03. The van der Waals surface area contributed by atoms with Crippen LogP contribution in [0, 0.1) is 0 Å². The first-order valence-electron chi connectivity index (χ1n) is 7.18.